The summed E-state index contributed by atoms with van der Waals surface area (Å²) in [6, 6.07) is 8.84. The van der Waals surface area contributed by atoms with Gasteiger partial charge in [-0.3, -0.25) is 14.6 Å². The van der Waals surface area contributed by atoms with Crippen LogP contribution < -0.4 is 10.6 Å². The summed E-state index contributed by atoms with van der Waals surface area (Å²) in [6.45, 7) is 2.20. The minimum Gasteiger partial charge on any atom is -0.352 e. The molecule has 0 radical (unpaired) electrons. The molecule has 0 fully saturated rings. The summed E-state index contributed by atoms with van der Waals surface area (Å²) in [5.74, 6) is -0.727. The van der Waals surface area contributed by atoms with Gasteiger partial charge in [0.05, 0.1) is 0 Å². The number of nitrogens with one attached hydrogen (secondary N) is 2. The number of halogens is 1. The van der Waals surface area contributed by atoms with Crippen LogP contribution in [0.25, 0.3) is 0 Å². The van der Waals surface area contributed by atoms with Crippen LogP contribution in [0.2, 0.25) is 5.02 Å². The lowest BCUT2D eigenvalue weighted by Crippen LogP contribution is -2.27. The summed E-state index contributed by atoms with van der Waals surface area (Å²) in [4.78, 5) is 27.6. The molecule has 0 bridgehead atoms. The van der Waals surface area contributed by atoms with E-state index in [2.05, 4.69) is 15.6 Å². The first-order valence-electron chi connectivity index (χ1n) is 6.76. The average Bonchev–Trinajstić information content (AvgIpc) is 2.50. The molecule has 1 aromatic heterocycles. The Kier molecular flexibility index (Phi) is 5.49. The van der Waals surface area contributed by atoms with Crippen LogP contribution in [0.4, 0.5) is 5.69 Å². The zero-order chi connectivity index (χ0) is 15.9. The highest BCUT2D eigenvalue weighted by atomic mass is 35.5. The topological polar surface area (TPSA) is 71.1 Å². The quantitative estimate of drug-likeness (QED) is 0.833. The number of amides is 2. The van der Waals surface area contributed by atoms with Crippen molar-refractivity contribution in [2.45, 2.75) is 19.9 Å². The molecule has 0 spiro atoms. The molecule has 1 heterocycles. The Labute approximate surface area is 133 Å². The van der Waals surface area contributed by atoms with E-state index < -0.39 is 0 Å². The highest BCUT2D eigenvalue weighted by Crippen LogP contribution is 2.20. The summed E-state index contributed by atoms with van der Waals surface area (Å²) in [6.07, 6.45) is 3.08. The third-order valence-corrected chi connectivity index (χ3v) is 3.24. The van der Waals surface area contributed by atoms with Crippen LogP contribution >= 0.6 is 11.6 Å². The second kappa shape index (κ2) is 7.56. The van der Waals surface area contributed by atoms with Crippen LogP contribution in [-0.4, -0.2) is 16.8 Å². The minimum absolute atomic E-state index is 0.244. The third-order valence-electron chi connectivity index (χ3n) is 3.01. The van der Waals surface area contributed by atoms with E-state index >= 15 is 0 Å². The third kappa shape index (κ3) is 4.86. The van der Waals surface area contributed by atoms with Gasteiger partial charge in [0.2, 0.25) is 11.8 Å². The monoisotopic (exact) mass is 317 g/mol. The Hall–Kier alpha value is -2.40. The Morgan fingerprint density at radius 3 is 2.77 bits per heavy atom. The zero-order valence-corrected chi connectivity index (χ0v) is 12.9. The van der Waals surface area contributed by atoms with Crippen molar-refractivity contribution in [1.82, 2.24) is 10.3 Å². The fourth-order valence-corrected chi connectivity index (χ4v) is 2.01. The lowest BCUT2D eigenvalue weighted by Gasteiger charge is -2.09. The molecule has 2 N–H and O–H groups in total. The molecule has 114 valence electrons. The normalized spacial score (nSPS) is 10.1. The van der Waals surface area contributed by atoms with Gasteiger partial charge in [0, 0.05) is 29.6 Å². The van der Waals surface area contributed by atoms with Gasteiger partial charge in [0.25, 0.3) is 0 Å². The second-order valence-electron chi connectivity index (χ2n) is 4.82. The predicted molar refractivity (Wildman–Crippen MR) is 85.5 cm³/mol. The van der Waals surface area contributed by atoms with Crippen LogP contribution in [0.5, 0.6) is 0 Å². The van der Waals surface area contributed by atoms with E-state index in [1.165, 1.54) is 0 Å². The van der Waals surface area contributed by atoms with Gasteiger partial charge in [-0.1, -0.05) is 23.7 Å². The van der Waals surface area contributed by atoms with Gasteiger partial charge >= 0.3 is 0 Å². The van der Waals surface area contributed by atoms with Gasteiger partial charge in [0.1, 0.15) is 6.42 Å². The maximum atomic E-state index is 11.9. The Morgan fingerprint density at radius 1 is 1.23 bits per heavy atom. The fourth-order valence-electron chi connectivity index (χ4n) is 1.83. The molecule has 0 aliphatic heterocycles. The number of nitrogens with zero attached hydrogens (tertiary/aromatic N) is 1. The molecule has 0 aliphatic rings. The molecule has 2 aromatic rings. The lowest BCUT2D eigenvalue weighted by molar-refractivity contribution is -0.126. The van der Waals surface area contributed by atoms with E-state index in [1.54, 1.807) is 36.7 Å². The van der Waals surface area contributed by atoms with Gasteiger partial charge in [-0.15, -0.1) is 0 Å². The van der Waals surface area contributed by atoms with Crippen molar-refractivity contribution >= 4 is 29.1 Å². The van der Waals surface area contributed by atoms with Crippen molar-refractivity contribution in [3.8, 4) is 0 Å². The summed E-state index contributed by atoms with van der Waals surface area (Å²) >= 11 is 5.89. The van der Waals surface area contributed by atoms with Gasteiger partial charge in [-0.2, -0.15) is 0 Å². The number of rotatable bonds is 5. The van der Waals surface area contributed by atoms with Crippen LogP contribution in [0.3, 0.4) is 0 Å². The van der Waals surface area contributed by atoms with E-state index in [-0.39, 0.29) is 18.2 Å². The van der Waals surface area contributed by atoms with Crippen LogP contribution in [-0.2, 0) is 16.1 Å². The Morgan fingerprint density at radius 2 is 2.05 bits per heavy atom. The lowest BCUT2D eigenvalue weighted by atomic mass is 10.2. The molecular weight excluding hydrogens is 302 g/mol. The molecular formula is C16H16ClN3O2. The molecule has 1 aromatic carbocycles. The molecule has 2 amide bonds. The van der Waals surface area contributed by atoms with Gasteiger partial charge in [0.15, 0.2) is 0 Å². The first-order chi connectivity index (χ1) is 10.5. The van der Waals surface area contributed by atoms with Gasteiger partial charge in [-0.25, -0.2) is 0 Å². The first kappa shape index (κ1) is 16.0. The predicted octanol–water partition coefficient (Wildman–Crippen LogP) is 2.69. The van der Waals surface area contributed by atoms with E-state index in [1.807, 2.05) is 13.0 Å². The number of anilines is 1. The highest BCUT2D eigenvalue weighted by molar-refractivity contribution is 6.31. The number of carbonyl (C=O) groups excluding carboxylic acids is 2. The number of aryl methyl sites for hydroxylation is 1. The summed E-state index contributed by atoms with van der Waals surface area (Å²) in [5, 5.41) is 5.89. The maximum absolute atomic E-state index is 11.9. The number of carbonyl (C=O) groups is 2. The zero-order valence-electron chi connectivity index (χ0n) is 12.1. The summed E-state index contributed by atoms with van der Waals surface area (Å²) in [5.41, 5.74) is 2.37. The first-order valence-corrected chi connectivity index (χ1v) is 7.14. The van der Waals surface area contributed by atoms with Crippen LogP contribution in [0.15, 0.2) is 42.7 Å². The number of hydrogen-bond acceptors (Lipinski definition) is 3. The maximum Gasteiger partial charge on any atom is 0.233 e. The number of pyridine rings is 1. The van der Waals surface area contributed by atoms with Crippen molar-refractivity contribution in [1.29, 1.82) is 0 Å². The van der Waals surface area contributed by atoms with Crippen molar-refractivity contribution in [2.75, 3.05) is 5.32 Å². The van der Waals surface area contributed by atoms with Crippen molar-refractivity contribution in [3.05, 3.63) is 58.9 Å². The highest BCUT2D eigenvalue weighted by Gasteiger charge is 2.11. The summed E-state index contributed by atoms with van der Waals surface area (Å²) in [7, 11) is 0. The average molecular weight is 318 g/mol. The molecule has 0 unspecified atom stereocenters. The molecule has 5 nitrogen and oxygen atoms in total. The van der Waals surface area contributed by atoms with E-state index in [4.69, 9.17) is 11.6 Å². The van der Waals surface area contributed by atoms with E-state index in [9.17, 15) is 9.59 Å². The SMILES string of the molecule is Cc1ccc(Cl)cc1NC(=O)CC(=O)NCc1cccnc1. The standard InChI is InChI=1S/C16H16ClN3O2/c1-11-4-5-13(17)7-14(11)20-16(22)8-15(21)19-10-12-3-2-6-18-9-12/h2-7,9H,8,10H2,1H3,(H,19,21)(H,20,22). The minimum atomic E-state index is -0.381. The number of benzene rings is 1. The number of aromatic nitrogens is 1. The molecule has 0 atom stereocenters. The largest absolute Gasteiger partial charge is 0.352 e. The van der Waals surface area contributed by atoms with E-state index in [0.717, 1.165) is 11.1 Å². The molecule has 0 saturated heterocycles. The van der Waals surface area contributed by atoms with Crippen molar-refractivity contribution < 1.29 is 9.59 Å². The van der Waals surface area contributed by atoms with Crippen molar-refractivity contribution in [2.24, 2.45) is 0 Å². The molecule has 22 heavy (non-hydrogen) atoms. The molecule has 0 saturated carbocycles. The van der Waals surface area contributed by atoms with E-state index in [0.29, 0.717) is 17.3 Å². The molecule has 2 rings (SSSR count). The number of hydrogen-bond donors (Lipinski definition) is 2. The molecule has 6 heteroatoms. The van der Waals surface area contributed by atoms with Gasteiger partial charge < -0.3 is 10.6 Å². The summed E-state index contributed by atoms with van der Waals surface area (Å²) < 4.78 is 0. The fraction of sp³-hybridized carbons (Fsp3) is 0.188. The smallest absolute Gasteiger partial charge is 0.233 e. The second-order valence-corrected chi connectivity index (χ2v) is 5.26. The Bertz CT molecular complexity index is 674. The van der Waals surface area contributed by atoms with Crippen LogP contribution in [0.1, 0.15) is 17.5 Å². The van der Waals surface area contributed by atoms with Crippen molar-refractivity contribution in [3.63, 3.8) is 0 Å². The Balaban J connectivity index is 1.84. The van der Waals surface area contributed by atoms with Gasteiger partial charge in [-0.05, 0) is 36.2 Å². The van der Waals surface area contributed by atoms with Crippen LogP contribution in [0, 0.1) is 6.92 Å². The molecule has 0 aliphatic carbocycles.